The molecule has 6 nitrogen and oxygen atoms in total. The van der Waals surface area contributed by atoms with Crippen LogP contribution < -0.4 is 10.5 Å². The largest absolute Gasteiger partial charge is 0.484 e. The maximum atomic E-state index is 12.4. The van der Waals surface area contributed by atoms with Gasteiger partial charge in [-0.05, 0) is 31.0 Å². The first-order chi connectivity index (χ1) is 12.0. The van der Waals surface area contributed by atoms with Gasteiger partial charge < -0.3 is 25.2 Å². The van der Waals surface area contributed by atoms with Gasteiger partial charge in [-0.3, -0.25) is 4.79 Å². The molecule has 1 spiro atoms. The third-order valence-electron chi connectivity index (χ3n) is 5.38. The van der Waals surface area contributed by atoms with Gasteiger partial charge in [0, 0.05) is 36.5 Å². The van der Waals surface area contributed by atoms with Gasteiger partial charge in [-0.2, -0.15) is 0 Å². The number of hydrogen-bond donors (Lipinski definition) is 2. The SMILES string of the molecule is Cl.NCCO[C@H]1C[C@@H](O)C12CCN(C(=O)COc1cccc(Cl)c1)CC2. The molecule has 0 unspecified atom stereocenters. The number of likely N-dealkylation sites (tertiary alicyclic amines) is 1. The number of amides is 1. The number of carbonyl (C=O) groups excluding carboxylic acids is 1. The zero-order valence-corrected chi connectivity index (χ0v) is 16.2. The van der Waals surface area contributed by atoms with Gasteiger partial charge in [0.1, 0.15) is 5.75 Å². The molecule has 1 aliphatic carbocycles. The van der Waals surface area contributed by atoms with Crippen molar-refractivity contribution in [3.63, 3.8) is 0 Å². The topological polar surface area (TPSA) is 85.0 Å². The second-order valence-electron chi connectivity index (χ2n) is 6.76. The lowest BCUT2D eigenvalue weighted by atomic mass is 9.58. The molecule has 1 saturated carbocycles. The van der Waals surface area contributed by atoms with E-state index in [4.69, 9.17) is 26.8 Å². The Bertz CT molecular complexity index is 609. The highest BCUT2D eigenvalue weighted by Crippen LogP contribution is 2.50. The van der Waals surface area contributed by atoms with Gasteiger partial charge in [0.05, 0.1) is 18.8 Å². The number of ether oxygens (including phenoxy) is 2. The van der Waals surface area contributed by atoms with Crippen LogP contribution in [0.25, 0.3) is 0 Å². The average Bonchev–Trinajstić information content (AvgIpc) is 2.63. The van der Waals surface area contributed by atoms with Crippen molar-refractivity contribution in [2.45, 2.75) is 31.5 Å². The monoisotopic (exact) mass is 404 g/mol. The molecule has 2 aliphatic rings. The molecular weight excluding hydrogens is 379 g/mol. The number of halogens is 2. The maximum Gasteiger partial charge on any atom is 0.260 e. The highest BCUT2D eigenvalue weighted by Gasteiger charge is 2.56. The number of rotatable bonds is 6. The number of nitrogens with zero attached hydrogens (tertiary/aromatic N) is 1. The lowest BCUT2D eigenvalue weighted by Gasteiger charge is -2.56. The van der Waals surface area contributed by atoms with E-state index in [0.29, 0.717) is 43.4 Å². The Morgan fingerprint density at radius 3 is 2.73 bits per heavy atom. The minimum atomic E-state index is -0.352. The number of piperidine rings is 1. The van der Waals surface area contributed by atoms with Crippen LogP contribution >= 0.6 is 24.0 Å². The van der Waals surface area contributed by atoms with Crippen molar-refractivity contribution >= 4 is 29.9 Å². The van der Waals surface area contributed by atoms with E-state index in [0.717, 1.165) is 12.8 Å². The molecule has 0 bridgehead atoms. The first kappa shape index (κ1) is 21.3. The fraction of sp³-hybridized carbons (Fsp3) is 0.611. The zero-order valence-electron chi connectivity index (χ0n) is 14.6. The second-order valence-corrected chi connectivity index (χ2v) is 7.20. The Morgan fingerprint density at radius 1 is 1.38 bits per heavy atom. The van der Waals surface area contributed by atoms with E-state index >= 15 is 0 Å². The van der Waals surface area contributed by atoms with E-state index in [1.165, 1.54) is 0 Å². The summed E-state index contributed by atoms with van der Waals surface area (Å²) in [5.74, 6) is 0.530. The summed E-state index contributed by atoms with van der Waals surface area (Å²) in [4.78, 5) is 14.2. The zero-order chi connectivity index (χ0) is 17.9. The van der Waals surface area contributed by atoms with Crippen molar-refractivity contribution in [3.8, 4) is 5.75 Å². The fourth-order valence-electron chi connectivity index (χ4n) is 3.79. The lowest BCUT2D eigenvalue weighted by molar-refractivity contribution is -0.210. The highest BCUT2D eigenvalue weighted by atomic mass is 35.5. The molecule has 2 atom stereocenters. The summed E-state index contributed by atoms with van der Waals surface area (Å²) in [6, 6.07) is 7.00. The van der Waals surface area contributed by atoms with Crippen molar-refractivity contribution in [1.82, 2.24) is 4.90 Å². The second kappa shape index (κ2) is 9.24. The molecule has 1 aromatic rings. The van der Waals surface area contributed by atoms with Crippen molar-refractivity contribution in [3.05, 3.63) is 29.3 Å². The van der Waals surface area contributed by atoms with Crippen LogP contribution in [0.5, 0.6) is 5.75 Å². The Hall–Kier alpha value is -1.05. The molecule has 3 N–H and O–H groups in total. The molecule has 8 heteroatoms. The number of aliphatic hydroxyl groups excluding tert-OH is 1. The molecule has 1 saturated heterocycles. The number of benzene rings is 1. The predicted octanol–water partition coefficient (Wildman–Crippen LogP) is 1.86. The molecule has 1 heterocycles. The molecule has 26 heavy (non-hydrogen) atoms. The average molecular weight is 405 g/mol. The van der Waals surface area contributed by atoms with E-state index in [1.807, 2.05) is 0 Å². The minimum Gasteiger partial charge on any atom is -0.484 e. The van der Waals surface area contributed by atoms with Crippen LogP contribution in [-0.4, -0.2) is 61.0 Å². The summed E-state index contributed by atoms with van der Waals surface area (Å²) in [7, 11) is 0. The number of carbonyl (C=O) groups is 1. The van der Waals surface area contributed by atoms with Crippen molar-refractivity contribution in [2.24, 2.45) is 11.1 Å². The van der Waals surface area contributed by atoms with E-state index < -0.39 is 0 Å². The first-order valence-electron chi connectivity index (χ1n) is 8.71. The Kier molecular flexibility index (Phi) is 7.55. The summed E-state index contributed by atoms with van der Waals surface area (Å²) < 4.78 is 11.3. The van der Waals surface area contributed by atoms with Gasteiger partial charge in [0.2, 0.25) is 0 Å². The Labute approximate surface area is 165 Å². The summed E-state index contributed by atoms with van der Waals surface area (Å²) in [5.41, 5.74) is 5.28. The van der Waals surface area contributed by atoms with E-state index in [1.54, 1.807) is 29.2 Å². The smallest absolute Gasteiger partial charge is 0.260 e. The van der Waals surface area contributed by atoms with Crippen molar-refractivity contribution in [1.29, 1.82) is 0 Å². The molecule has 1 amide bonds. The Balaban J connectivity index is 0.00000243. The normalized spacial score (nSPS) is 23.9. The van der Waals surface area contributed by atoms with Crippen molar-refractivity contribution in [2.75, 3.05) is 32.8 Å². The van der Waals surface area contributed by atoms with Gasteiger partial charge in [-0.25, -0.2) is 0 Å². The standard InChI is InChI=1S/C18H25ClN2O4.ClH/c19-13-2-1-3-14(10-13)25-12-17(23)21-7-4-18(5-8-21)15(22)11-16(18)24-9-6-20;/h1-3,10,15-16,22H,4-9,11-12,20H2;1H/t15-,16+;/m1./s1. The van der Waals surface area contributed by atoms with Crippen LogP contribution in [0.1, 0.15) is 19.3 Å². The summed E-state index contributed by atoms with van der Waals surface area (Å²) >= 11 is 5.91. The van der Waals surface area contributed by atoms with Gasteiger partial charge in [-0.15, -0.1) is 12.4 Å². The lowest BCUT2D eigenvalue weighted by Crippen LogP contribution is -2.63. The quantitative estimate of drug-likeness (QED) is 0.755. The molecule has 0 aromatic heterocycles. The van der Waals surface area contributed by atoms with Gasteiger partial charge in [0.25, 0.3) is 5.91 Å². The molecule has 1 aromatic carbocycles. The van der Waals surface area contributed by atoms with Gasteiger partial charge >= 0.3 is 0 Å². The third kappa shape index (κ3) is 4.43. The molecule has 3 rings (SSSR count). The van der Waals surface area contributed by atoms with Crippen LogP contribution in [0.2, 0.25) is 5.02 Å². The van der Waals surface area contributed by atoms with Gasteiger partial charge in [0.15, 0.2) is 6.61 Å². The third-order valence-corrected chi connectivity index (χ3v) is 5.62. The van der Waals surface area contributed by atoms with Crippen LogP contribution in [0.15, 0.2) is 24.3 Å². The summed E-state index contributed by atoms with van der Waals surface area (Å²) in [6.45, 7) is 2.20. The van der Waals surface area contributed by atoms with E-state index in [-0.39, 0.29) is 42.5 Å². The maximum absolute atomic E-state index is 12.4. The highest BCUT2D eigenvalue weighted by molar-refractivity contribution is 6.30. The number of hydrogen-bond acceptors (Lipinski definition) is 5. The van der Waals surface area contributed by atoms with Crippen molar-refractivity contribution < 1.29 is 19.4 Å². The number of nitrogens with two attached hydrogens (primary N) is 1. The van der Waals surface area contributed by atoms with Crippen LogP contribution in [0, 0.1) is 5.41 Å². The van der Waals surface area contributed by atoms with Gasteiger partial charge in [-0.1, -0.05) is 17.7 Å². The summed E-state index contributed by atoms with van der Waals surface area (Å²) in [5, 5.41) is 10.8. The van der Waals surface area contributed by atoms with Crippen LogP contribution in [0.4, 0.5) is 0 Å². The minimum absolute atomic E-state index is 0. The first-order valence-corrected chi connectivity index (χ1v) is 9.09. The predicted molar refractivity (Wildman–Crippen MR) is 102 cm³/mol. The van der Waals surface area contributed by atoms with Crippen LogP contribution in [0.3, 0.4) is 0 Å². The molecular formula is C18H26Cl2N2O4. The molecule has 2 fully saturated rings. The Morgan fingerprint density at radius 2 is 2.12 bits per heavy atom. The molecule has 0 radical (unpaired) electrons. The van der Waals surface area contributed by atoms with E-state index in [2.05, 4.69) is 0 Å². The molecule has 146 valence electrons. The van der Waals surface area contributed by atoms with E-state index in [9.17, 15) is 9.90 Å². The molecule has 1 aliphatic heterocycles. The number of aliphatic hydroxyl groups is 1. The van der Waals surface area contributed by atoms with Crippen LogP contribution in [-0.2, 0) is 9.53 Å². The summed E-state index contributed by atoms with van der Waals surface area (Å²) in [6.07, 6.45) is 1.84. The fourth-order valence-corrected chi connectivity index (χ4v) is 3.97.